The third-order valence-electron chi connectivity index (χ3n) is 2.59. The molecule has 0 amide bonds. The average molecular weight is 220 g/mol. The van der Waals surface area contributed by atoms with Crippen molar-refractivity contribution >= 4 is 12.0 Å². The van der Waals surface area contributed by atoms with Gasteiger partial charge >= 0.3 is 0 Å². The van der Waals surface area contributed by atoms with Crippen LogP contribution in [0.4, 0.5) is 5.69 Å². The SMILES string of the molecule is CN(C)CCN(C)c1ccccc1CC=O. The molecule has 1 aromatic carbocycles. The predicted molar refractivity (Wildman–Crippen MR) is 68.0 cm³/mol. The fourth-order valence-electron chi connectivity index (χ4n) is 1.62. The fraction of sp³-hybridized carbons (Fsp3) is 0.462. The normalized spacial score (nSPS) is 10.5. The number of anilines is 1. The molecular weight excluding hydrogens is 200 g/mol. The van der Waals surface area contributed by atoms with Gasteiger partial charge in [0.25, 0.3) is 0 Å². The lowest BCUT2D eigenvalue weighted by Crippen LogP contribution is -2.29. The maximum atomic E-state index is 10.6. The fourth-order valence-corrected chi connectivity index (χ4v) is 1.62. The molecule has 0 aliphatic carbocycles. The maximum absolute atomic E-state index is 10.6. The molecule has 3 nitrogen and oxygen atoms in total. The van der Waals surface area contributed by atoms with Gasteiger partial charge < -0.3 is 14.6 Å². The Morgan fingerprint density at radius 1 is 1.12 bits per heavy atom. The maximum Gasteiger partial charge on any atom is 0.124 e. The summed E-state index contributed by atoms with van der Waals surface area (Å²) in [6.45, 7) is 1.97. The Hall–Kier alpha value is -1.35. The number of likely N-dealkylation sites (N-methyl/N-ethyl adjacent to an activating group) is 2. The van der Waals surface area contributed by atoms with Crippen molar-refractivity contribution in [3.63, 3.8) is 0 Å². The molecule has 0 aliphatic heterocycles. The first kappa shape index (κ1) is 12.7. The van der Waals surface area contributed by atoms with Crippen LogP contribution in [0.15, 0.2) is 24.3 Å². The Bertz CT molecular complexity index is 336. The van der Waals surface area contributed by atoms with Crippen LogP contribution in [0.1, 0.15) is 5.56 Å². The summed E-state index contributed by atoms with van der Waals surface area (Å²) in [5.74, 6) is 0. The molecule has 0 unspecified atom stereocenters. The summed E-state index contributed by atoms with van der Waals surface area (Å²) < 4.78 is 0. The second kappa shape index (κ2) is 6.28. The molecule has 0 spiro atoms. The van der Waals surface area contributed by atoms with Gasteiger partial charge in [0, 0.05) is 32.2 Å². The van der Waals surface area contributed by atoms with Crippen molar-refractivity contribution in [1.29, 1.82) is 0 Å². The molecule has 0 saturated heterocycles. The number of aldehydes is 1. The van der Waals surface area contributed by atoms with E-state index in [0.29, 0.717) is 6.42 Å². The first-order valence-corrected chi connectivity index (χ1v) is 5.52. The Morgan fingerprint density at radius 2 is 1.81 bits per heavy atom. The summed E-state index contributed by atoms with van der Waals surface area (Å²) in [6, 6.07) is 8.06. The van der Waals surface area contributed by atoms with E-state index in [1.54, 1.807) is 0 Å². The van der Waals surface area contributed by atoms with Crippen LogP contribution in [0.2, 0.25) is 0 Å². The lowest BCUT2D eigenvalue weighted by Gasteiger charge is -2.23. The van der Waals surface area contributed by atoms with Crippen LogP contribution in [0.25, 0.3) is 0 Å². The molecule has 0 radical (unpaired) electrons. The molecular formula is C13H20N2O. The lowest BCUT2D eigenvalue weighted by atomic mass is 10.1. The van der Waals surface area contributed by atoms with Crippen LogP contribution in [-0.4, -0.2) is 45.4 Å². The van der Waals surface area contributed by atoms with Crippen molar-refractivity contribution in [2.75, 3.05) is 39.1 Å². The van der Waals surface area contributed by atoms with Gasteiger partial charge in [0.15, 0.2) is 0 Å². The summed E-state index contributed by atoms with van der Waals surface area (Å²) >= 11 is 0. The van der Waals surface area contributed by atoms with Gasteiger partial charge in [-0.25, -0.2) is 0 Å². The van der Waals surface area contributed by atoms with Gasteiger partial charge in [-0.1, -0.05) is 18.2 Å². The zero-order valence-corrected chi connectivity index (χ0v) is 10.3. The molecule has 0 bridgehead atoms. The van der Waals surface area contributed by atoms with Crippen LogP contribution in [0.5, 0.6) is 0 Å². The van der Waals surface area contributed by atoms with E-state index in [1.165, 1.54) is 0 Å². The number of hydrogen-bond acceptors (Lipinski definition) is 3. The van der Waals surface area contributed by atoms with E-state index in [4.69, 9.17) is 0 Å². The van der Waals surface area contributed by atoms with Crippen molar-refractivity contribution in [2.24, 2.45) is 0 Å². The minimum atomic E-state index is 0.489. The van der Waals surface area contributed by atoms with Crippen molar-refractivity contribution in [2.45, 2.75) is 6.42 Å². The third-order valence-corrected chi connectivity index (χ3v) is 2.59. The highest BCUT2D eigenvalue weighted by molar-refractivity contribution is 5.63. The number of carbonyl (C=O) groups excluding carboxylic acids is 1. The molecule has 16 heavy (non-hydrogen) atoms. The van der Waals surface area contributed by atoms with Crippen LogP contribution < -0.4 is 4.90 Å². The first-order valence-electron chi connectivity index (χ1n) is 5.52. The van der Waals surface area contributed by atoms with Gasteiger partial charge in [0.1, 0.15) is 6.29 Å². The standard InChI is InChI=1S/C13H20N2O/c1-14(2)9-10-15(3)13-7-5-4-6-12(13)8-11-16/h4-7,11H,8-10H2,1-3H3. The predicted octanol–water partition coefficient (Wildman–Crippen LogP) is 1.43. The van der Waals surface area contributed by atoms with Gasteiger partial charge in [-0.2, -0.15) is 0 Å². The molecule has 0 saturated carbocycles. The molecule has 0 N–H and O–H groups in total. The van der Waals surface area contributed by atoms with E-state index < -0.39 is 0 Å². The van der Waals surface area contributed by atoms with Crippen LogP contribution >= 0.6 is 0 Å². The number of para-hydroxylation sites is 1. The number of hydrogen-bond donors (Lipinski definition) is 0. The number of benzene rings is 1. The second-order valence-electron chi connectivity index (χ2n) is 4.22. The molecule has 0 aliphatic rings. The number of rotatable bonds is 6. The van der Waals surface area contributed by atoms with Gasteiger partial charge in [-0.15, -0.1) is 0 Å². The van der Waals surface area contributed by atoms with Crippen LogP contribution in [0.3, 0.4) is 0 Å². The molecule has 0 aromatic heterocycles. The summed E-state index contributed by atoms with van der Waals surface area (Å²) in [6.07, 6.45) is 1.45. The van der Waals surface area contributed by atoms with Gasteiger partial charge in [0.2, 0.25) is 0 Å². The minimum Gasteiger partial charge on any atom is -0.373 e. The lowest BCUT2D eigenvalue weighted by molar-refractivity contribution is -0.107. The van der Waals surface area contributed by atoms with E-state index in [1.807, 2.05) is 18.2 Å². The van der Waals surface area contributed by atoms with Gasteiger partial charge in [0.05, 0.1) is 0 Å². The minimum absolute atomic E-state index is 0.489. The first-order chi connectivity index (χ1) is 7.65. The molecule has 1 aromatic rings. The summed E-state index contributed by atoms with van der Waals surface area (Å²) in [7, 11) is 6.18. The summed E-state index contributed by atoms with van der Waals surface area (Å²) in [5.41, 5.74) is 2.25. The molecule has 0 atom stereocenters. The molecule has 88 valence electrons. The third kappa shape index (κ3) is 3.66. The molecule has 1 rings (SSSR count). The Morgan fingerprint density at radius 3 is 2.44 bits per heavy atom. The van der Waals surface area contributed by atoms with E-state index >= 15 is 0 Å². The number of carbonyl (C=O) groups is 1. The van der Waals surface area contributed by atoms with E-state index in [2.05, 4.69) is 37.0 Å². The largest absolute Gasteiger partial charge is 0.373 e. The highest BCUT2D eigenvalue weighted by Gasteiger charge is 2.06. The van der Waals surface area contributed by atoms with Crippen molar-refractivity contribution in [3.05, 3.63) is 29.8 Å². The molecule has 3 heteroatoms. The zero-order valence-electron chi connectivity index (χ0n) is 10.3. The number of nitrogens with zero attached hydrogens (tertiary/aromatic N) is 2. The second-order valence-corrected chi connectivity index (χ2v) is 4.22. The van der Waals surface area contributed by atoms with Crippen molar-refractivity contribution in [1.82, 2.24) is 4.90 Å². The van der Waals surface area contributed by atoms with Crippen molar-refractivity contribution < 1.29 is 4.79 Å². The summed E-state index contributed by atoms with van der Waals surface area (Å²) in [4.78, 5) is 14.9. The summed E-state index contributed by atoms with van der Waals surface area (Å²) in [5, 5.41) is 0. The van der Waals surface area contributed by atoms with Crippen LogP contribution in [-0.2, 0) is 11.2 Å². The van der Waals surface area contributed by atoms with E-state index in [-0.39, 0.29) is 0 Å². The highest BCUT2D eigenvalue weighted by atomic mass is 16.1. The zero-order chi connectivity index (χ0) is 12.0. The van der Waals surface area contributed by atoms with E-state index in [0.717, 1.165) is 30.6 Å². The quantitative estimate of drug-likeness (QED) is 0.678. The van der Waals surface area contributed by atoms with Gasteiger partial charge in [-0.05, 0) is 25.7 Å². The van der Waals surface area contributed by atoms with Crippen molar-refractivity contribution in [3.8, 4) is 0 Å². The highest BCUT2D eigenvalue weighted by Crippen LogP contribution is 2.18. The Kier molecular flexibility index (Phi) is 4.99. The topological polar surface area (TPSA) is 23.6 Å². The Labute approximate surface area is 97.7 Å². The van der Waals surface area contributed by atoms with Crippen LogP contribution in [0, 0.1) is 0 Å². The molecule has 0 heterocycles. The molecule has 0 fully saturated rings. The van der Waals surface area contributed by atoms with E-state index in [9.17, 15) is 4.79 Å². The smallest absolute Gasteiger partial charge is 0.124 e. The Balaban J connectivity index is 2.73. The average Bonchev–Trinajstić information content (AvgIpc) is 2.27. The van der Waals surface area contributed by atoms with Gasteiger partial charge in [-0.3, -0.25) is 0 Å². The monoisotopic (exact) mass is 220 g/mol.